The van der Waals surface area contributed by atoms with E-state index in [-0.39, 0.29) is 11.5 Å². The number of rotatable bonds is 4. The first-order valence-electron chi connectivity index (χ1n) is 4.30. The summed E-state index contributed by atoms with van der Waals surface area (Å²) in [6.07, 6.45) is -1.48. The molecule has 0 aromatic carbocycles. The van der Waals surface area contributed by atoms with Crippen molar-refractivity contribution in [3.05, 3.63) is 0 Å². The fourth-order valence-corrected chi connectivity index (χ4v) is 0.730. The Kier molecular flexibility index (Phi) is 13.7. The maximum atomic E-state index is 8.75. The summed E-state index contributed by atoms with van der Waals surface area (Å²) in [6.45, 7) is 4.06. The molecule has 0 radical (unpaired) electrons. The summed E-state index contributed by atoms with van der Waals surface area (Å²) in [7, 11) is 0. The van der Waals surface area contributed by atoms with Crippen molar-refractivity contribution >= 4 is 50.5 Å². The topological polar surface area (TPSA) is 40.5 Å². The van der Waals surface area contributed by atoms with Gasteiger partial charge in [0.1, 0.15) is 0 Å². The van der Waals surface area contributed by atoms with E-state index in [1.165, 1.54) is 0 Å². The van der Waals surface area contributed by atoms with Crippen molar-refractivity contribution in [2.24, 2.45) is 0 Å². The molecular formula is C8H20O2S4. The third-order valence-electron chi connectivity index (χ3n) is 1.52. The van der Waals surface area contributed by atoms with Crippen molar-refractivity contribution in [3.63, 3.8) is 0 Å². The highest BCUT2D eigenvalue weighted by molar-refractivity contribution is 7.85. The molecule has 0 aromatic heterocycles. The minimum absolute atomic E-state index is 0.279. The Morgan fingerprint density at radius 3 is 1.14 bits per heavy atom. The molecule has 0 saturated heterocycles. The first kappa shape index (κ1) is 17.7. The Bertz CT molecular complexity index is 108. The van der Waals surface area contributed by atoms with Gasteiger partial charge in [-0.1, -0.05) is 13.8 Å². The van der Waals surface area contributed by atoms with Gasteiger partial charge in [-0.2, -0.15) is 50.5 Å². The zero-order valence-electron chi connectivity index (χ0n) is 8.41. The number of hydrogen-bond donors (Lipinski definition) is 6. The van der Waals surface area contributed by atoms with Crippen molar-refractivity contribution < 1.29 is 10.2 Å². The van der Waals surface area contributed by atoms with Crippen LogP contribution in [0.4, 0.5) is 0 Å². The Labute approximate surface area is 109 Å². The van der Waals surface area contributed by atoms with E-state index in [0.717, 1.165) is 0 Å². The van der Waals surface area contributed by atoms with Gasteiger partial charge in [-0.05, 0) is 0 Å². The first-order valence-corrected chi connectivity index (χ1v) is 6.60. The van der Waals surface area contributed by atoms with Crippen molar-refractivity contribution in [2.75, 3.05) is 11.5 Å². The van der Waals surface area contributed by atoms with Crippen molar-refractivity contribution in [1.29, 1.82) is 0 Å². The summed E-state index contributed by atoms with van der Waals surface area (Å²) < 4.78 is 0. The molecule has 0 rings (SSSR count). The quantitative estimate of drug-likeness (QED) is 0.437. The Balaban J connectivity index is 0. The maximum Gasteiger partial charge on any atom is 0.0894 e. The van der Waals surface area contributed by atoms with E-state index in [1.54, 1.807) is 0 Å². The molecule has 88 valence electrons. The van der Waals surface area contributed by atoms with Crippen LogP contribution in [0.2, 0.25) is 0 Å². The Morgan fingerprint density at radius 1 is 0.857 bits per heavy atom. The molecule has 6 heteroatoms. The van der Waals surface area contributed by atoms with Gasteiger partial charge in [-0.3, -0.25) is 0 Å². The molecule has 2 N–H and O–H groups in total. The summed E-state index contributed by atoms with van der Waals surface area (Å²) in [5.74, 6) is 0.559. The molecule has 0 spiro atoms. The number of thiol groups is 4. The van der Waals surface area contributed by atoms with Crippen molar-refractivity contribution in [3.8, 4) is 0 Å². The molecule has 0 bridgehead atoms. The molecule has 0 aromatic rings. The number of aliphatic hydroxyl groups excluding tert-OH is 2. The van der Waals surface area contributed by atoms with E-state index in [0.29, 0.717) is 10.5 Å². The summed E-state index contributed by atoms with van der Waals surface area (Å²) in [5.41, 5.74) is 0. The number of aliphatic hydroxyl groups is 2. The summed E-state index contributed by atoms with van der Waals surface area (Å²) in [5, 5.41) is 18.3. The molecular weight excluding hydrogens is 256 g/mol. The van der Waals surface area contributed by atoms with Crippen LogP contribution in [-0.4, -0.2) is 44.4 Å². The smallest absolute Gasteiger partial charge is 0.0894 e. The molecule has 2 nitrogen and oxygen atoms in total. The minimum atomic E-state index is -0.740. The molecule has 0 saturated carbocycles. The monoisotopic (exact) mass is 276 g/mol. The molecule has 0 aliphatic carbocycles. The zero-order chi connectivity index (χ0) is 11.7. The molecule has 0 aliphatic rings. The molecule has 0 fully saturated rings. The molecule has 4 unspecified atom stereocenters. The van der Waals surface area contributed by atoms with Gasteiger partial charge in [0.15, 0.2) is 0 Å². The van der Waals surface area contributed by atoms with Crippen molar-refractivity contribution in [2.45, 2.75) is 36.6 Å². The predicted octanol–water partition coefficient (Wildman–Crippen LogP) is 1.19. The lowest BCUT2D eigenvalue weighted by Gasteiger charge is -2.11. The van der Waals surface area contributed by atoms with Gasteiger partial charge in [-0.15, -0.1) is 0 Å². The third kappa shape index (κ3) is 11.4. The van der Waals surface area contributed by atoms with Crippen LogP contribution in [0, 0.1) is 0 Å². The van der Waals surface area contributed by atoms with E-state index >= 15 is 0 Å². The predicted molar refractivity (Wildman–Crippen MR) is 76.6 cm³/mol. The van der Waals surface area contributed by atoms with Crippen LogP contribution in [-0.2, 0) is 0 Å². The highest BCUT2D eigenvalue weighted by atomic mass is 32.1. The van der Waals surface area contributed by atoms with Gasteiger partial charge in [0.25, 0.3) is 0 Å². The highest BCUT2D eigenvalue weighted by Gasteiger charge is 2.10. The fourth-order valence-electron chi connectivity index (χ4n) is 0.243. The van der Waals surface area contributed by atoms with Crippen LogP contribution < -0.4 is 0 Å². The largest absolute Gasteiger partial charge is 0.390 e. The molecule has 0 amide bonds. The molecule has 4 atom stereocenters. The van der Waals surface area contributed by atoms with Gasteiger partial charge < -0.3 is 10.2 Å². The van der Waals surface area contributed by atoms with Gasteiger partial charge in [0.2, 0.25) is 0 Å². The van der Waals surface area contributed by atoms with E-state index in [1.807, 2.05) is 13.8 Å². The first-order chi connectivity index (χ1) is 6.36. The second kappa shape index (κ2) is 10.8. The second-order valence-corrected chi connectivity index (χ2v) is 5.34. The third-order valence-corrected chi connectivity index (χ3v) is 3.39. The lowest BCUT2D eigenvalue weighted by molar-refractivity contribution is 0.0504. The highest BCUT2D eigenvalue weighted by Crippen LogP contribution is 2.04. The molecule has 0 aliphatic heterocycles. The zero-order valence-corrected chi connectivity index (χ0v) is 12.0. The van der Waals surface area contributed by atoms with Gasteiger partial charge in [0.05, 0.1) is 12.2 Å². The maximum absolute atomic E-state index is 8.75. The fraction of sp³-hybridized carbons (Fsp3) is 1.00. The summed E-state index contributed by atoms with van der Waals surface area (Å²) in [6, 6.07) is 0. The summed E-state index contributed by atoms with van der Waals surface area (Å²) >= 11 is 15.8. The van der Waals surface area contributed by atoms with Crippen molar-refractivity contribution in [1.82, 2.24) is 0 Å². The summed E-state index contributed by atoms with van der Waals surface area (Å²) in [4.78, 5) is 0. The Morgan fingerprint density at radius 2 is 1.07 bits per heavy atom. The lowest BCUT2D eigenvalue weighted by atomic mass is 10.3. The molecule has 0 heterocycles. The van der Waals surface area contributed by atoms with Crippen LogP contribution >= 0.6 is 50.5 Å². The average molecular weight is 277 g/mol. The minimum Gasteiger partial charge on any atom is -0.390 e. The van der Waals surface area contributed by atoms with Gasteiger partial charge in [0, 0.05) is 22.0 Å². The standard InChI is InChI=1S/C4H10O2S2.C4H10S2/c5-3(1-7)4(6)2-8;1-3(5)4(2)6/h3-8H,1-2H2;3-6H,1-2H3. The van der Waals surface area contributed by atoms with E-state index in [4.69, 9.17) is 10.2 Å². The lowest BCUT2D eigenvalue weighted by Crippen LogP contribution is -2.28. The normalized spacial score (nSPS) is 18.9. The molecule has 14 heavy (non-hydrogen) atoms. The number of hydrogen-bond acceptors (Lipinski definition) is 6. The van der Waals surface area contributed by atoms with Gasteiger partial charge in [-0.25, -0.2) is 0 Å². The Hall–Kier alpha value is 1.32. The van der Waals surface area contributed by atoms with Crippen LogP contribution in [0.25, 0.3) is 0 Å². The average Bonchev–Trinajstić information content (AvgIpc) is 2.16. The van der Waals surface area contributed by atoms with Crippen LogP contribution in [0.3, 0.4) is 0 Å². The SMILES string of the molecule is CC(S)C(C)S.OC(CS)C(O)CS. The van der Waals surface area contributed by atoms with E-state index in [9.17, 15) is 0 Å². The van der Waals surface area contributed by atoms with Crippen LogP contribution in [0.1, 0.15) is 13.8 Å². The van der Waals surface area contributed by atoms with Crippen LogP contribution in [0.15, 0.2) is 0 Å². The second-order valence-electron chi connectivity index (χ2n) is 2.98. The van der Waals surface area contributed by atoms with Crippen LogP contribution in [0.5, 0.6) is 0 Å². The van der Waals surface area contributed by atoms with Gasteiger partial charge >= 0.3 is 0 Å². The van der Waals surface area contributed by atoms with E-state index < -0.39 is 12.2 Å². The van der Waals surface area contributed by atoms with E-state index in [2.05, 4.69) is 50.5 Å².